The maximum atomic E-state index is 13.9. The van der Waals surface area contributed by atoms with Crippen molar-refractivity contribution in [1.82, 2.24) is 23.8 Å². The SMILES string of the molecule is Cc1ccc(C(=O)Cc2cc(-n3cnc(CCN4CCCC4)c3)cc(C(F)(F)F)c2)cc1C#Cc1cnc2ccccn12. The number of ketones is 1. The Kier molecular flexibility index (Phi) is 7.87. The third-order valence-electron chi connectivity index (χ3n) is 7.79. The lowest BCUT2D eigenvalue weighted by atomic mass is 9.97. The van der Waals surface area contributed by atoms with E-state index in [9.17, 15) is 18.0 Å². The Labute approximate surface area is 247 Å². The van der Waals surface area contributed by atoms with Crippen molar-refractivity contribution in [2.45, 2.75) is 38.8 Å². The van der Waals surface area contributed by atoms with Gasteiger partial charge < -0.3 is 9.47 Å². The lowest BCUT2D eigenvalue weighted by Gasteiger charge is -2.13. The molecule has 0 atom stereocenters. The first-order valence-electron chi connectivity index (χ1n) is 14.3. The van der Waals surface area contributed by atoms with Gasteiger partial charge in [0.2, 0.25) is 0 Å². The number of likely N-dealkylation sites (tertiary alicyclic amines) is 1. The van der Waals surface area contributed by atoms with E-state index >= 15 is 0 Å². The normalized spacial score (nSPS) is 13.8. The summed E-state index contributed by atoms with van der Waals surface area (Å²) in [6.07, 6.45) is 5.25. The van der Waals surface area contributed by atoms with Crippen molar-refractivity contribution in [2.75, 3.05) is 19.6 Å². The quantitative estimate of drug-likeness (QED) is 0.167. The summed E-state index contributed by atoms with van der Waals surface area (Å²) in [5.74, 6) is 5.96. The molecule has 218 valence electrons. The number of aryl methyl sites for hydroxylation is 1. The number of nitrogens with zero attached hydrogens (tertiary/aromatic N) is 5. The second kappa shape index (κ2) is 11.9. The number of alkyl halides is 3. The van der Waals surface area contributed by atoms with Gasteiger partial charge >= 0.3 is 6.18 Å². The molecule has 0 N–H and O–H groups in total. The minimum Gasteiger partial charge on any atom is -0.306 e. The van der Waals surface area contributed by atoms with Crippen LogP contribution in [0.25, 0.3) is 11.3 Å². The van der Waals surface area contributed by atoms with E-state index in [-0.39, 0.29) is 17.8 Å². The molecule has 0 amide bonds. The van der Waals surface area contributed by atoms with Gasteiger partial charge in [-0.25, -0.2) is 9.97 Å². The van der Waals surface area contributed by atoms with E-state index in [1.54, 1.807) is 41.2 Å². The standard InChI is InChI=1S/C34H30F3N5O/c1-24-7-8-27(19-26(24)9-10-30-21-38-33-6-2-3-14-42(30)33)32(43)18-25-16-28(34(35,36)37)20-31(17-25)41-22-29(39-23-41)11-15-40-12-4-5-13-40/h2-3,6-8,14,16-17,19-23H,4-5,11-13,15,18H2,1H3. The monoisotopic (exact) mass is 581 g/mol. The van der Waals surface area contributed by atoms with Crippen LogP contribution < -0.4 is 0 Å². The summed E-state index contributed by atoms with van der Waals surface area (Å²) in [5.41, 5.74) is 4.05. The molecular weight excluding hydrogens is 551 g/mol. The highest BCUT2D eigenvalue weighted by molar-refractivity contribution is 5.98. The van der Waals surface area contributed by atoms with Crippen LogP contribution >= 0.6 is 0 Å². The molecule has 0 saturated carbocycles. The van der Waals surface area contributed by atoms with Gasteiger partial charge in [0.05, 0.1) is 23.8 Å². The average molecular weight is 582 g/mol. The zero-order valence-corrected chi connectivity index (χ0v) is 23.7. The first kappa shape index (κ1) is 28.4. The number of benzene rings is 2. The van der Waals surface area contributed by atoms with Crippen LogP contribution in [0.15, 0.2) is 79.5 Å². The van der Waals surface area contributed by atoms with Crippen molar-refractivity contribution < 1.29 is 18.0 Å². The minimum atomic E-state index is -4.56. The number of aromatic nitrogens is 4. The lowest BCUT2D eigenvalue weighted by molar-refractivity contribution is -0.137. The summed E-state index contributed by atoms with van der Waals surface area (Å²) >= 11 is 0. The Bertz CT molecular complexity index is 1850. The van der Waals surface area contributed by atoms with Crippen LogP contribution in [0.5, 0.6) is 0 Å². The van der Waals surface area contributed by atoms with E-state index in [0.717, 1.165) is 55.1 Å². The zero-order chi connectivity index (χ0) is 30.0. The largest absolute Gasteiger partial charge is 0.416 e. The van der Waals surface area contributed by atoms with Gasteiger partial charge in [-0.3, -0.25) is 9.20 Å². The Hall–Kier alpha value is -4.68. The van der Waals surface area contributed by atoms with Crippen LogP contribution in [-0.2, 0) is 19.0 Å². The van der Waals surface area contributed by atoms with Gasteiger partial charge in [-0.1, -0.05) is 24.1 Å². The Balaban J connectivity index is 1.23. The van der Waals surface area contributed by atoms with Crippen molar-refractivity contribution >= 4 is 11.4 Å². The maximum absolute atomic E-state index is 13.9. The molecule has 6 nitrogen and oxygen atoms in total. The van der Waals surface area contributed by atoms with E-state index in [2.05, 4.69) is 26.7 Å². The van der Waals surface area contributed by atoms with Gasteiger partial charge in [0.25, 0.3) is 0 Å². The van der Waals surface area contributed by atoms with E-state index < -0.39 is 11.7 Å². The highest BCUT2D eigenvalue weighted by Crippen LogP contribution is 2.32. The first-order chi connectivity index (χ1) is 20.7. The lowest BCUT2D eigenvalue weighted by Crippen LogP contribution is -2.22. The molecule has 1 aliphatic heterocycles. The number of Topliss-reactive ketones (excluding diaryl/α,β-unsaturated/α-hetero) is 1. The smallest absolute Gasteiger partial charge is 0.306 e. The average Bonchev–Trinajstić information content (AvgIpc) is 3.77. The topological polar surface area (TPSA) is 55.4 Å². The highest BCUT2D eigenvalue weighted by Gasteiger charge is 2.31. The number of hydrogen-bond donors (Lipinski definition) is 0. The third kappa shape index (κ3) is 6.55. The molecule has 2 aromatic carbocycles. The molecule has 4 heterocycles. The zero-order valence-electron chi connectivity index (χ0n) is 23.7. The number of hydrogen-bond acceptors (Lipinski definition) is 4. The van der Waals surface area contributed by atoms with Gasteiger partial charge in [-0.15, -0.1) is 0 Å². The second-order valence-electron chi connectivity index (χ2n) is 10.9. The van der Waals surface area contributed by atoms with Crippen LogP contribution in [-0.4, -0.2) is 49.3 Å². The van der Waals surface area contributed by atoms with Crippen molar-refractivity contribution in [2.24, 2.45) is 0 Å². The maximum Gasteiger partial charge on any atom is 0.416 e. The molecule has 5 aromatic rings. The van der Waals surface area contributed by atoms with Crippen molar-refractivity contribution in [3.63, 3.8) is 0 Å². The molecule has 0 radical (unpaired) electrons. The number of halogens is 3. The minimum absolute atomic E-state index is 0.184. The van der Waals surface area contributed by atoms with Crippen molar-refractivity contribution in [3.8, 4) is 17.5 Å². The predicted molar refractivity (Wildman–Crippen MR) is 158 cm³/mol. The van der Waals surface area contributed by atoms with Crippen LogP contribution in [0.1, 0.15) is 56.8 Å². The number of carbonyl (C=O) groups excluding carboxylic acids is 1. The Morgan fingerprint density at radius 1 is 1.00 bits per heavy atom. The number of rotatable bonds is 7. The van der Waals surface area contributed by atoms with Crippen LogP contribution in [0.2, 0.25) is 0 Å². The van der Waals surface area contributed by atoms with Crippen LogP contribution in [0.3, 0.4) is 0 Å². The van der Waals surface area contributed by atoms with Gasteiger partial charge in [-0.2, -0.15) is 13.2 Å². The van der Waals surface area contributed by atoms with Gasteiger partial charge in [0.15, 0.2) is 5.78 Å². The third-order valence-corrected chi connectivity index (χ3v) is 7.79. The Morgan fingerprint density at radius 2 is 1.84 bits per heavy atom. The fourth-order valence-electron chi connectivity index (χ4n) is 5.38. The van der Waals surface area contributed by atoms with Gasteiger partial charge in [0.1, 0.15) is 11.3 Å². The molecular formula is C34H30F3N5O. The van der Waals surface area contributed by atoms with Gasteiger partial charge in [0, 0.05) is 48.6 Å². The Morgan fingerprint density at radius 3 is 2.65 bits per heavy atom. The van der Waals surface area contributed by atoms with Crippen LogP contribution in [0, 0.1) is 18.8 Å². The molecule has 6 rings (SSSR count). The van der Waals surface area contributed by atoms with Crippen LogP contribution in [0.4, 0.5) is 13.2 Å². The van der Waals surface area contributed by atoms with Crippen molar-refractivity contribution in [3.05, 3.63) is 119 Å². The molecule has 9 heteroatoms. The molecule has 0 unspecified atom stereocenters. The van der Waals surface area contributed by atoms with E-state index in [4.69, 9.17) is 0 Å². The van der Waals surface area contributed by atoms with E-state index in [1.807, 2.05) is 35.7 Å². The van der Waals surface area contributed by atoms with Gasteiger partial charge in [-0.05, 0) is 86.3 Å². The fourth-order valence-corrected chi connectivity index (χ4v) is 5.38. The summed E-state index contributed by atoms with van der Waals surface area (Å²) in [6, 6.07) is 14.6. The predicted octanol–water partition coefficient (Wildman–Crippen LogP) is 6.31. The number of carbonyl (C=O) groups is 1. The number of imidazole rings is 2. The van der Waals surface area contributed by atoms with E-state index in [0.29, 0.717) is 22.5 Å². The molecule has 1 fully saturated rings. The summed E-state index contributed by atoms with van der Waals surface area (Å²) < 4.78 is 45.1. The van der Waals surface area contributed by atoms with E-state index in [1.165, 1.54) is 19.2 Å². The molecule has 0 spiro atoms. The first-order valence-corrected chi connectivity index (χ1v) is 14.3. The molecule has 0 bridgehead atoms. The summed E-state index contributed by atoms with van der Waals surface area (Å²) in [5, 5.41) is 0. The molecule has 3 aromatic heterocycles. The van der Waals surface area contributed by atoms with Crippen molar-refractivity contribution in [1.29, 1.82) is 0 Å². The number of fused-ring (bicyclic) bond motifs is 1. The number of pyridine rings is 1. The molecule has 0 aliphatic carbocycles. The molecule has 1 saturated heterocycles. The second-order valence-corrected chi connectivity index (χ2v) is 10.9. The highest BCUT2D eigenvalue weighted by atomic mass is 19.4. The molecule has 1 aliphatic rings. The summed E-state index contributed by atoms with van der Waals surface area (Å²) in [4.78, 5) is 24.5. The molecule has 43 heavy (non-hydrogen) atoms. The summed E-state index contributed by atoms with van der Waals surface area (Å²) in [6.45, 7) is 4.92. The fraction of sp³-hybridized carbons (Fsp3) is 0.265. The summed E-state index contributed by atoms with van der Waals surface area (Å²) in [7, 11) is 0.